The Labute approximate surface area is 190 Å². The molecule has 5 heteroatoms. The number of benzene rings is 4. The molecular weight excluding hydrogens is 416 g/mol. The number of rotatable bonds is 4. The van der Waals surface area contributed by atoms with Crippen LogP contribution in [0.3, 0.4) is 0 Å². The number of carbonyl (C=O) groups is 3. The fourth-order valence-electron chi connectivity index (χ4n) is 3.99. The summed E-state index contributed by atoms with van der Waals surface area (Å²) in [6.45, 7) is 0. The van der Waals surface area contributed by atoms with E-state index in [2.05, 4.69) is 0 Å². The van der Waals surface area contributed by atoms with Crippen LogP contribution >= 0.6 is 0 Å². The molecule has 0 fully saturated rings. The molecule has 0 heterocycles. The highest BCUT2D eigenvalue weighted by Crippen LogP contribution is 2.32. The summed E-state index contributed by atoms with van der Waals surface area (Å²) in [5, 5.41) is 0. The van der Waals surface area contributed by atoms with Crippen molar-refractivity contribution in [2.75, 3.05) is 0 Å². The van der Waals surface area contributed by atoms with Crippen molar-refractivity contribution in [3.63, 3.8) is 0 Å². The summed E-state index contributed by atoms with van der Waals surface area (Å²) in [6.07, 6.45) is 0.233. The molecule has 0 radical (unpaired) electrons. The molecule has 4 aromatic carbocycles. The van der Waals surface area contributed by atoms with Crippen molar-refractivity contribution in [1.82, 2.24) is 0 Å². The minimum Gasteiger partial charge on any atom is -0.423 e. The Balaban J connectivity index is 1.51. The fraction of sp³-hybridized carbons (Fsp3) is 0.0357. The first kappa shape index (κ1) is 20.4. The standard InChI is InChI=1S/C28H18O5/c29-26-20-13-7-15-22(27(30)32-18-9-3-1-4-10-18)24(20)17-25-21(26)14-8-16-23(25)28(31)33-19-11-5-2-6-12-19/h1-16H,17H2. The van der Waals surface area contributed by atoms with E-state index in [0.717, 1.165) is 0 Å². The van der Waals surface area contributed by atoms with Gasteiger partial charge in [0.15, 0.2) is 5.78 Å². The van der Waals surface area contributed by atoms with Gasteiger partial charge in [-0.05, 0) is 47.5 Å². The first-order valence-corrected chi connectivity index (χ1v) is 10.4. The smallest absolute Gasteiger partial charge is 0.343 e. The molecule has 160 valence electrons. The monoisotopic (exact) mass is 434 g/mol. The molecule has 0 aliphatic heterocycles. The van der Waals surface area contributed by atoms with Crippen LogP contribution in [0.25, 0.3) is 0 Å². The van der Waals surface area contributed by atoms with Gasteiger partial charge < -0.3 is 9.47 Å². The van der Waals surface area contributed by atoms with Crippen molar-refractivity contribution in [3.05, 3.63) is 130 Å². The Kier molecular flexibility index (Phi) is 5.29. The van der Waals surface area contributed by atoms with Crippen LogP contribution < -0.4 is 9.47 Å². The largest absolute Gasteiger partial charge is 0.423 e. The summed E-state index contributed by atoms with van der Waals surface area (Å²) < 4.78 is 11.0. The molecule has 0 saturated heterocycles. The fourth-order valence-corrected chi connectivity index (χ4v) is 3.99. The van der Waals surface area contributed by atoms with E-state index in [1.807, 2.05) is 12.1 Å². The Hall–Kier alpha value is -4.51. The van der Waals surface area contributed by atoms with E-state index in [4.69, 9.17) is 9.47 Å². The number of fused-ring (bicyclic) bond motifs is 2. The van der Waals surface area contributed by atoms with Crippen molar-refractivity contribution in [1.29, 1.82) is 0 Å². The van der Waals surface area contributed by atoms with Crippen molar-refractivity contribution < 1.29 is 23.9 Å². The molecule has 33 heavy (non-hydrogen) atoms. The maximum Gasteiger partial charge on any atom is 0.343 e. The van der Waals surface area contributed by atoms with Gasteiger partial charge in [-0.1, -0.05) is 60.7 Å². The van der Waals surface area contributed by atoms with Crippen LogP contribution in [-0.4, -0.2) is 17.7 Å². The van der Waals surface area contributed by atoms with E-state index in [1.165, 1.54) is 0 Å². The van der Waals surface area contributed by atoms with Crippen LogP contribution in [0.15, 0.2) is 97.1 Å². The summed E-state index contributed by atoms with van der Waals surface area (Å²) in [7, 11) is 0. The van der Waals surface area contributed by atoms with Crippen molar-refractivity contribution in [3.8, 4) is 11.5 Å². The molecule has 0 atom stereocenters. The molecule has 0 N–H and O–H groups in total. The van der Waals surface area contributed by atoms with E-state index in [-0.39, 0.29) is 12.2 Å². The topological polar surface area (TPSA) is 69.7 Å². The third-order valence-electron chi connectivity index (χ3n) is 5.54. The summed E-state index contributed by atoms with van der Waals surface area (Å²) >= 11 is 0. The second kappa shape index (κ2) is 8.55. The molecule has 0 spiro atoms. The zero-order valence-corrected chi connectivity index (χ0v) is 17.5. The third-order valence-corrected chi connectivity index (χ3v) is 5.54. The summed E-state index contributed by atoms with van der Waals surface area (Å²) in [5.74, 6) is -0.531. The highest BCUT2D eigenvalue weighted by atomic mass is 16.5. The molecule has 5 rings (SSSR count). The van der Waals surface area contributed by atoms with E-state index < -0.39 is 11.9 Å². The lowest BCUT2D eigenvalue weighted by atomic mass is 9.81. The summed E-state index contributed by atoms with van der Waals surface area (Å²) in [6, 6.07) is 27.5. The maximum absolute atomic E-state index is 13.3. The average Bonchev–Trinajstić information content (AvgIpc) is 2.85. The molecule has 0 amide bonds. The number of carbonyl (C=O) groups excluding carboxylic acids is 3. The third kappa shape index (κ3) is 3.92. The van der Waals surface area contributed by atoms with E-state index in [1.54, 1.807) is 84.9 Å². The normalized spacial score (nSPS) is 11.8. The van der Waals surface area contributed by atoms with Crippen LogP contribution in [-0.2, 0) is 6.42 Å². The van der Waals surface area contributed by atoms with Crippen molar-refractivity contribution in [2.45, 2.75) is 6.42 Å². The van der Waals surface area contributed by atoms with Gasteiger partial charge in [0.1, 0.15) is 11.5 Å². The number of ketones is 1. The van der Waals surface area contributed by atoms with Crippen LogP contribution in [0.4, 0.5) is 0 Å². The molecular formula is C28H18O5. The lowest BCUT2D eigenvalue weighted by molar-refractivity contribution is 0.0725. The van der Waals surface area contributed by atoms with Gasteiger partial charge in [-0.15, -0.1) is 0 Å². The number of ether oxygens (including phenoxy) is 2. The highest BCUT2D eigenvalue weighted by molar-refractivity contribution is 6.15. The molecule has 0 bridgehead atoms. The van der Waals surface area contributed by atoms with Gasteiger partial charge >= 0.3 is 11.9 Å². The Morgan fingerprint density at radius 2 is 0.970 bits per heavy atom. The summed E-state index contributed by atoms with van der Waals surface area (Å²) in [4.78, 5) is 39.1. The van der Waals surface area contributed by atoms with Gasteiger partial charge in [0.2, 0.25) is 0 Å². The Morgan fingerprint density at radius 1 is 0.545 bits per heavy atom. The number of hydrogen-bond acceptors (Lipinski definition) is 5. The van der Waals surface area contributed by atoms with Gasteiger partial charge in [0, 0.05) is 17.5 Å². The molecule has 1 aliphatic rings. The van der Waals surface area contributed by atoms with Gasteiger partial charge in [-0.3, -0.25) is 4.79 Å². The Bertz CT molecular complexity index is 1270. The predicted molar refractivity (Wildman–Crippen MR) is 122 cm³/mol. The molecule has 1 aliphatic carbocycles. The summed E-state index contributed by atoms with van der Waals surface area (Å²) in [5.41, 5.74) is 2.52. The quantitative estimate of drug-likeness (QED) is 0.285. The highest BCUT2D eigenvalue weighted by Gasteiger charge is 2.30. The van der Waals surface area contributed by atoms with E-state index >= 15 is 0 Å². The van der Waals surface area contributed by atoms with Crippen molar-refractivity contribution in [2.24, 2.45) is 0 Å². The lowest BCUT2D eigenvalue weighted by Gasteiger charge is -2.22. The minimum absolute atomic E-state index is 0.233. The lowest BCUT2D eigenvalue weighted by Crippen LogP contribution is -2.23. The number of para-hydroxylation sites is 2. The molecule has 0 unspecified atom stereocenters. The van der Waals surface area contributed by atoms with Gasteiger partial charge in [0.05, 0.1) is 11.1 Å². The number of hydrogen-bond donors (Lipinski definition) is 0. The van der Waals surface area contributed by atoms with Crippen LogP contribution in [0, 0.1) is 0 Å². The predicted octanol–water partition coefficient (Wildman–Crippen LogP) is 5.26. The van der Waals surface area contributed by atoms with Crippen LogP contribution in [0.5, 0.6) is 11.5 Å². The minimum atomic E-state index is -0.557. The number of esters is 2. The average molecular weight is 434 g/mol. The molecule has 0 saturated carbocycles. The second-order valence-corrected chi connectivity index (χ2v) is 7.57. The maximum atomic E-state index is 13.3. The van der Waals surface area contributed by atoms with Crippen LogP contribution in [0.2, 0.25) is 0 Å². The van der Waals surface area contributed by atoms with E-state index in [9.17, 15) is 14.4 Å². The van der Waals surface area contributed by atoms with Gasteiger partial charge in [-0.25, -0.2) is 9.59 Å². The zero-order chi connectivity index (χ0) is 22.8. The molecule has 4 aromatic rings. The molecule has 5 nitrogen and oxygen atoms in total. The van der Waals surface area contributed by atoms with Gasteiger partial charge in [-0.2, -0.15) is 0 Å². The van der Waals surface area contributed by atoms with Crippen LogP contribution in [0.1, 0.15) is 47.8 Å². The first-order chi connectivity index (χ1) is 16.1. The Morgan fingerprint density at radius 3 is 1.39 bits per heavy atom. The molecule has 0 aromatic heterocycles. The second-order valence-electron chi connectivity index (χ2n) is 7.57. The van der Waals surface area contributed by atoms with Crippen molar-refractivity contribution >= 4 is 17.7 Å². The SMILES string of the molecule is O=C(Oc1ccccc1)c1cccc2c1Cc1c(C(=O)Oc3ccccc3)cccc1C2=O. The van der Waals surface area contributed by atoms with Gasteiger partial charge in [0.25, 0.3) is 0 Å². The van der Waals surface area contributed by atoms with E-state index in [0.29, 0.717) is 44.9 Å². The first-order valence-electron chi connectivity index (χ1n) is 10.4. The zero-order valence-electron chi connectivity index (χ0n) is 17.5.